The molecule has 3 rings (SSSR count). The lowest BCUT2D eigenvalue weighted by Gasteiger charge is -2.11. The molecule has 1 aliphatic heterocycles. The molecule has 8 heteroatoms. The Kier molecular flexibility index (Phi) is 13.8. The Bertz CT molecular complexity index is 344. The summed E-state index contributed by atoms with van der Waals surface area (Å²) in [7, 11) is 0. The van der Waals surface area contributed by atoms with Gasteiger partial charge in [-0.2, -0.15) is 0 Å². The molecular formula is C13H23N7O. The van der Waals surface area contributed by atoms with E-state index in [1.54, 1.807) is 31.1 Å². The number of urea groups is 1. The van der Waals surface area contributed by atoms with Gasteiger partial charge in [0.15, 0.2) is 0 Å². The number of hydrogen-bond acceptors (Lipinski definition) is 5. The highest BCUT2D eigenvalue weighted by Gasteiger charge is 1.91. The van der Waals surface area contributed by atoms with Crippen LogP contribution in [0.3, 0.4) is 0 Å². The monoisotopic (exact) mass is 293 g/mol. The van der Waals surface area contributed by atoms with Crippen molar-refractivity contribution < 1.29 is 4.79 Å². The van der Waals surface area contributed by atoms with Crippen LogP contribution in [0.15, 0.2) is 49.3 Å². The minimum absolute atomic E-state index is 0.833. The average Bonchev–Trinajstić information content (AvgIpc) is 3.10. The number of pyridine rings is 1. The van der Waals surface area contributed by atoms with Gasteiger partial charge in [0, 0.05) is 51.0 Å². The second kappa shape index (κ2) is 15.6. The Hall–Kier alpha value is -2.45. The van der Waals surface area contributed by atoms with Gasteiger partial charge in [0.05, 0.1) is 6.33 Å². The standard InChI is InChI=1S/C5H5N.C4H10N2.C3H4N2.CH4N2O/c1-2-4-6-5-3-1;1-2-6-4-3-5-1;1-2-5-3-4-1;2-1(3)4/h1-5H;5-6H,1-4H2;1-3H,(H,4,5);(H4,2,3,4). The average molecular weight is 293 g/mol. The molecule has 0 spiro atoms. The number of H-pyrrole nitrogens is 1. The van der Waals surface area contributed by atoms with Gasteiger partial charge in [0.2, 0.25) is 0 Å². The van der Waals surface area contributed by atoms with E-state index in [1.807, 2.05) is 18.2 Å². The summed E-state index contributed by atoms with van der Waals surface area (Å²) >= 11 is 0. The number of nitrogens with one attached hydrogen (secondary N) is 3. The Morgan fingerprint density at radius 3 is 1.52 bits per heavy atom. The Labute approximate surface area is 124 Å². The zero-order valence-corrected chi connectivity index (χ0v) is 11.9. The van der Waals surface area contributed by atoms with Gasteiger partial charge in [-0.15, -0.1) is 0 Å². The number of rotatable bonds is 0. The Morgan fingerprint density at radius 2 is 1.38 bits per heavy atom. The van der Waals surface area contributed by atoms with Crippen molar-refractivity contribution in [3.05, 3.63) is 49.3 Å². The smallest absolute Gasteiger partial charge is 0.309 e. The number of aromatic nitrogens is 3. The van der Waals surface area contributed by atoms with Crippen LogP contribution >= 0.6 is 0 Å². The van der Waals surface area contributed by atoms with Crippen LogP contribution in [0.1, 0.15) is 0 Å². The first kappa shape index (κ1) is 18.6. The highest BCUT2D eigenvalue weighted by Crippen LogP contribution is 1.73. The summed E-state index contributed by atoms with van der Waals surface area (Å²) in [4.78, 5) is 19.2. The summed E-state index contributed by atoms with van der Waals surface area (Å²) in [5.74, 6) is 0. The number of primary amides is 2. The van der Waals surface area contributed by atoms with Crippen molar-refractivity contribution in [3.63, 3.8) is 0 Å². The van der Waals surface area contributed by atoms with Crippen LogP contribution in [0.5, 0.6) is 0 Å². The van der Waals surface area contributed by atoms with Crippen LogP contribution in [-0.4, -0.2) is 47.2 Å². The molecule has 1 aliphatic rings. The zero-order chi connectivity index (χ0) is 15.6. The van der Waals surface area contributed by atoms with E-state index in [0.717, 1.165) is 26.2 Å². The van der Waals surface area contributed by atoms with E-state index in [4.69, 9.17) is 4.79 Å². The predicted molar refractivity (Wildman–Crippen MR) is 82.3 cm³/mol. The van der Waals surface area contributed by atoms with Crippen molar-refractivity contribution in [2.24, 2.45) is 11.5 Å². The van der Waals surface area contributed by atoms with Gasteiger partial charge in [0.1, 0.15) is 0 Å². The first-order valence-electron chi connectivity index (χ1n) is 6.47. The molecule has 0 aliphatic carbocycles. The molecular weight excluding hydrogens is 270 g/mol. The van der Waals surface area contributed by atoms with E-state index in [0.29, 0.717) is 0 Å². The molecule has 1 saturated heterocycles. The Balaban J connectivity index is 0.000000258. The fourth-order valence-electron chi connectivity index (χ4n) is 1.13. The number of nitrogens with two attached hydrogens (primary N) is 2. The van der Waals surface area contributed by atoms with E-state index in [9.17, 15) is 0 Å². The fourth-order valence-corrected chi connectivity index (χ4v) is 1.13. The number of piperazine rings is 1. The quantitative estimate of drug-likeness (QED) is 0.454. The van der Waals surface area contributed by atoms with Crippen molar-refractivity contribution >= 4 is 6.03 Å². The van der Waals surface area contributed by atoms with E-state index < -0.39 is 6.03 Å². The van der Waals surface area contributed by atoms with Gasteiger partial charge in [-0.3, -0.25) is 4.98 Å². The molecule has 21 heavy (non-hydrogen) atoms. The molecule has 116 valence electrons. The topological polar surface area (TPSA) is 135 Å². The van der Waals surface area contributed by atoms with Gasteiger partial charge in [-0.1, -0.05) is 6.07 Å². The van der Waals surface area contributed by atoms with Crippen molar-refractivity contribution in [2.75, 3.05) is 26.2 Å². The van der Waals surface area contributed by atoms with E-state index >= 15 is 0 Å². The van der Waals surface area contributed by atoms with E-state index in [-0.39, 0.29) is 0 Å². The predicted octanol–water partition coefficient (Wildman–Crippen LogP) is -0.306. The molecule has 1 fully saturated rings. The molecule has 0 saturated carbocycles. The van der Waals surface area contributed by atoms with Crippen LogP contribution < -0.4 is 22.1 Å². The van der Waals surface area contributed by atoms with Gasteiger partial charge >= 0.3 is 6.03 Å². The first-order valence-corrected chi connectivity index (χ1v) is 6.47. The summed E-state index contributed by atoms with van der Waals surface area (Å²) in [6.07, 6.45) is 8.58. The minimum atomic E-state index is -0.833. The Morgan fingerprint density at radius 1 is 0.857 bits per heavy atom. The van der Waals surface area contributed by atoms with Crippen molar-refractivity contribution in [1.82, 2.24) is 25.6 Å². The van der Waals surface area contributed by atoms with Crippen molar-refractivity contribution in [3.8, 4) is 0 Å². The molecule has 3 heterocycles. The minimum Gasteiger partial charge on any atom is -0.352 e. The maximum absolute atomic E-state index is 9.00. The molecule has 2 aromatic heterocycles. The summed E-state index contributed by atoms with van der Waals surface area (Å²) < 4.78 is 0. The first-order chi connectivity index (χ1) is 10.2. The SMILES string of the molecule is C1CNCCN1.NC(N)=O.c1c[nH]cn1.c1ccncc1. The molecule has 7 N–H and O–H groups in total. The normalized spacial score (nSPS) is 12.2. The number of imidazole rings is 1. The number of amides is 2. The maximum atomic E-state index is 9.00. The molecule has 2 aromatic rings. The highest BCUT2D eigenvalue weighted by atomic mass is 16.2. The largest absolute Gasteiger partial charge is 0.352 e. The fraction of sp³-hybridized carbons (Fsp3) is 0.308. The number of carbonyl (C=O) groups is 1. The van der Waals surface area contributed by atoms with Gasteiger partial charge < -0.3 is 27.1 Å². The number of hydrogen-bond donors (Lipinski definition) is 5. The molecule has 8 nitrogen and oxygen atoms in total. The molecule has 2 amide bonds. The van der Waals surface area contributed by atoms with Gasteiger partial charge in [-0.25, -0.2) is 9.78 Å². The van der Waals surface area contributed by atoms with Gasteiger partial charge in [-0.05, 0) is 12.1 Å². The van der Waals surface area contributed by atoms with Crippen molar-refractivity contribution in [1.29, 1.82) is 0 Å². The van der Waals surface area contributed by atoms with Gasteiger partial charge in [0.25, 0.3) is 0 Å². The lowest BCUT2D eigenvalue weighted by molar-refractivity contribution is 0.256. The number of nitrogens with zero attached hydrogens (tertiary/aromatic N) is 2. The summed E-state index contributed by atoms with van der Waals surface area (Å²) in [5, 5.41) is 6.44. The molecule has 0 aromatic carbocycles. The third-order valence-corrected chi connectivity index (χ3v) is 1.93. The second-order valence-electron chi connectivity index (χ2n) is 3.69. The lowest BCUT2D eigenvalue weighted by atomic mass is 10.4. The molecule has 0 radical (unpaired) electrons. The zero-order valence-electron chi connectivity index (χ0n) is 11.9. The van der Waals surface area contributed by atoms with Crippen LogP contribution in [0.4, 0.5) is 4.79 Å². The summed E-state index contributed by atoms with van der Waals surface area (Å²) in [6, 6.07) is 4.88. The van der Waals surface area contributed by atoms with Crippen LogP contribution in [0.25, 0.3) is 0 Å². The summed E-state index contributed by atoms with van der Waals surface area (Å²) in [6.45, 7) is 4.56. The van der Waals surface area contributed by atoms with Crippen LogP contribution in [0.2, 0.25) is 0 Å². The number of aromatic amines is 1. The maximum Gasteiger partial charge on any atom is 0.309 e. The van der Waals surface area contributed by atoms with Crippen molar-refractivity contribution in [2.45, 2.75) is 0 Å². The molecule has 0 bridgehead atoms. The van der Waals surface area contributed by atoms with Crippen LogP contribution in [-0.2, 0) is 0 Å². The number of carbonyl (C=O) groups excluding carboxylic acids is 1. The van der Waals surface area contributed by atoms with E-state index in [1.165, 1.54) is 0 Å². The second-order valence-corrected chi connectivity index (χ2v) is 3.69. The van der Waals surface area contributed by atoms with E-state index in [2.05, 4.69) is 37.1 Å². The van der Waals surface area contributed by atoms with Crippen LogP contribution in [0, 0.1) is 0 Å². The molecule has 0 unspecified atom stereocenters. The molecule has 0 atom stereocenters. The highest BCUT2D eigenvalue weighted by molar-refractivity contribution is 5.69. The third kappa shape index (κ3) is 20.0. The summed E-state index contributed by atoms with van der Waals surface area (Å²) in [5.41, 5.74) is 8.50. The third-order valence-electron chi connectivity index (χ3n) is 1.93. The lowest BCUT2D eigenvalue weighted by Crippen LogP contribution is -2.39.